The van der Waals surface area contributed by atoms with Crippen molar-refractivity contribution < 1.29 is 8.78 Å². The van der Waals surface area contributed by atoms with E-state index in [1.807, 2.05) is 0 Å². The highest BCUT2D eigenvalue weighted by atomic mass is 19.3. The molecular formula is C9H16F2N2. The van der Waals surface area contributed by atoms with Crippen molar-refractivity contribution in [1.29, 1.82) is 0 Å². The van der Waals surface area contributed by atoms with Crippen molar-refractivity contribution in [1.82, 2.24) is 10.6 Å². The molecule has 2 rings (SSSR count). The van der Waals surface area contributed by atoms with Crippen LogP contribution in [0.3, 0.4) is 0 Å². The number of alkyl halides is 2. The van der Waals surface area contributed by atoms with E-state index in [0.717, 1.165) is 25.9 Å². The van der Waals surface area contributed by atoms with Gasteiger partial charge in [-0.1, -0.05) is 0 Å². The standard InChI is InChI=1S/C9H16F2N2/c10-9(11)3-6-13-8(7-9)1-4-12-5-2-8/h12-13H,1-7H2. The quantitative estimate of drug-likeness (QED) is 0.598. The van der Waals surface area contributed by atoms with Crippen LogP contribution in [0.2, 0.25) is 0 Å². The van der Waals surface area contributed by atoms with Crippen LogP contribution in [-0.4, -0.2) is 31.1 Å². The van der Waals surface area contributed by atoms with E-state index in [0.29, 0.717) is 6.54 Å². The molecule has 0 aromatic carbocycles. The fraction of sp³-hybridized carbons (Fsp3) is 1.00. The first-order valence-corrected chi connectivity index (χ1v) is 4.96. The van der Waals surface area contributed by atoms with Crippen LogP contribution < -0.4 is 10.6 Å². The first-order chi connectivity index (χ1) is 6.12. The molecule has 2 aliphatic rings. The minimum atomic E-state index is -2.44. The van der Waals surface area contributed by atoms with E-state index in [9.17, 15) is 8.78 Å². The van der Waals surface area contributed by atoms with Gasteiger partial charge in [0.25, 0.3) is 5.92 Å². The molecule has 13 heavy (non-hydrogen) atoms. The summed E-state index contributed by atoms with van der Waals surface area (Å²) in [5, 5.41) is 6.47. The number of halogens is 2. The molecule has 0 radical (unpaired) electrons. The van der Waals surface area contributed by atoms with Crippen LogP contribution in [0, 0.1) is 0 Å². The maximum Gasteiger partial charge on any atom is 0.251 e. The second-order valence-electron chi connectivity index (χ2n) is 4.24. The van der Waals surface area contributed by atoms with Gasteiger partial charge in [-0.2, -0.15) is 0 Å². The van der Waals surface area contributed by atoms with E-state index in [2.05, 4.69) is 10.6 Å². The molecule has 0 aromatic heterocycles. The van der Waals surface area contributed by atoms with Crippen molar-refractivity contribution in [3.8, 4) is 0 Å². The number of rotatable bonds is 0. The third-order valence-corrected chi connectivity index (χ3v) is 3.15. The molecule has 76 valence electrons. The van der Waals surface area contributed by atoms with Gasteiger partial charge in [0.1, 0.15) is 0 Å². The number of hydrogen-bond acceptors (Lipinski definition) is 2. The molecule has 4 heteroatoms. The SMILES string of the molecule is FC1(F)CCNC2(CCNCC2)C1. The number of piperidine rings is 2. The van der Waals surface area contributed by atoms with Crippen LogP contribution in [0.4, 0.5) is 8.78 Å². The Morgan fingerprint density at radius 2 is 1.62 bits per heavy atom. The molecule has 2 saturated heterocycles. The van der Waals surface area contributed by atoms with Crippen molar-refractivity contribution in [2.75, 3.05) is 19.6 Å². The van der Waals surface area contributed by atoms with Gasteiger partial charge in [0, 0.05) is 24.9 Å². The Kier molecular flexibility index (Phi) is 2.28. The van der Waals surface area contributed by atoms with E-state index in [-0.39, 0.29) is 18.4 Å². The lowest BCUT2D eigenvalue weighted by Gasteiger charge is -2.44. The Hall–Kier alpha value is -0.220. The van der Waals surface area contributed by atoms with Gasteiger partial charge >= 0.3 is 0 Å². The van der Waals surface area contributed by atoms with Crippen LogP contribution in [0.25, 0.3) is 0 Å². The van der Waals surface area contributed by atoms with Gasteiger partial charge in [0.15, 0.2) is 0 Å². The summed E-state index contributed by atoms with van der Waals surface area (Å²) >= 11 is 0. The fourth-order valence-corrected chi connectivity index (χ4v) is 2.42. The zero-order valence-electron chi connectivity index (χ0n) is 7.71. The summed E-state index contributed by atoms with van der Waals surface area (Å²) in [6.07, 6.45) is 1.70. The third-order valence-electron chi connectivity index (χ3n) is 3.15. The summed E-state index contributed by atoms with van der Waals surface area (Å²) in [6, 6.07) is 0. The summed E-state index contributed by atoms with van der Waals surface area (Å²) in [4.78, 5) is 0. The average molecular weight is 190 g/mol. The van der Waals surface area contributed by atoms with Crippen molar-refractivity contribution in [2.24, 2.45) is 0 Å². The second-order valence-corrected chi connectivity index (χ2v) is 4.24. The zero-order chi connectivity index (χ0) is 9.36. The van der Waals surface area contributed by atoms with Gasteiger partial charge in [0.05, 0.1) is 0 Å². The van der Waals surface area contributed by atoms with Crippen LogP contribution in [-0.2, 0) is 0 Å². The highest BCUT2D eigenvalue weighted by Crippen LogP contribution is 2.37. The Balaban J connectivity index is 2.04. The van der Waals surface area contributed by atoms with E-state index in [1.165, 1.54) is 0 Å². The summed E-state index contributed by atoms with van der Waals surface area (Å²) in [7, 11) is 0. The van der Waals surface area contributed by atoms with Gasteiger partial charge in [0.2, 0.25) is 0 Å². The molecule has 0 atom stereocenters. The Morgan fingerprint density at radius 1 is 0.923 bits per heavy atom. The van der Waals surface area contributed by atoms with Crippen LogP contribution in [0.15, 0.2) is 0 Å². The van der Waals surface area contributed by atoms with Gasteiger partial charge in [-0.3, -0.25) is 0 Å². The van der Waals surface area contributed by atoms with E-state index in [4.69, 9.17) is 0 Å². The van der Waals surface area contributed by atoms with E-state index >= 15 is 0 Å². The second kappa shape index (κ2) is 3.17. The summed E-state index contributed by atoms with van der Waals surface area (Å²) in [5.74, 6) is -2.44. The van der Waals surface area contributed by atoms with Crippen LogP contribution in [0.1, 0.15) is 25.7 Å². The summed E-state index contributed by atoms with van der Waals surface area (Å²) in [5.41, 5.74) is -0.271. The number of hydrogen-bond donors (Lipinski definition) is 2. The van der Waals surface area contributed by atoms with Crippen molar-refractivity contribution in [3.05, 3.63) is 0 Å². The van der Waals surface area contributed by atoms with Crippen molar-refractivity contribution >= 4 is 0 Å². The van der Waals surface area contributed by atoms with Crippen molar-refractivity contribution in [2.45, 2.75) is 37.1 Å². The maximum absolute atomic E-state index is 13.2. The van der Waals surface area contributed by atoms with Gasteiger partial charge in [-0.05, 0) is 25.9 Å². The zero-order valence-corrected chi connectivity index (χ0v) is 7.71. The molecule has 2 fully saturated rings. The lowest BCUT2D eigenvalue weighted by molar-refractivity contribution is -0.0690. The minimum absolute atomic E-state index is 0.00216. The average Bonchev–Trinajstić information content (AvgIpc) is 2.03. The minimum Gasteiger partial charge on any atom is -0.317 e. The Morgan fingerprint density at radius 3 is 2.23 bits per heavy atom. The topological polar surface area (TPSA) is 24.1 Å². The Labute approximate surface area is 77.1 Å². The smallest absolute Gasteiger partial charge is 0.251 e. The molecule has 0 aromatic rings. The lowest BCUT2D eigenvalue weighted by atomic mass is 9.79. The molecule has 0 bridgehead atoms. The van der Waals surface area contributed by atoms with Gasteiger partial charge in [-0.25, -0.2) is 8.78 Å². The van der Waals surface area contributed by atoms with E-state index in [1.54, 1.807) is 0 Å². The summed E-state index contributed by atoms with van der Waals surface area (Å²) < 4.78 is 26.3. The molecule has 0 aliphatic carbocycles. The molecular weight excluding hydrogens is 174 g/mol. The first-order valence-electron chi connectivity index (χ1n) is 4.96. The molecule has 0 saturated carbocycles. The molecule has 1 spiro atoms. The van der Waals surface area contributed by atoms with Crippen molar-refractivity contribution in [3.63, 3.8) is 0 Å². The predicted octanol–water partition coefficient (Wildman–Crippen LogP) is 1.13. The molecule has 2 heterocycles. The van der Waals surface area contributed by atoms with Crippen LogP contribution in [0.5, 0.6) is 0 Å². The van der Waals surface area contributed by atoms with E-state index < -0.39 is 5.92 Å². The monoisotopic (exact) mass is 190 g/mol. The predicted molar refractivity (Wildman–Crippen MR) is 47.0 cm³/mol. The highest BCUT2D eigenvalue weighted by molar-refractivity contribution is 4.99. The highest BCUT2D eigenvalue weighted by Gasteiger charge is 2.45. The fourth-order valence-electron chi connectivity index (χ4n) is 2.42. The first kappa shape index (κ1) is 9.34. The van der Waals surface area contributed by atoms with Gasteiger partial charge < -0.3 is 10.6 Å². The Bertz CT molecular complexity index is 183. The summed E-state index contributed by atoms with van der Waals surface area (Å²) in [6.45, 7) is 2.19. The largest absolute Gasteiger partial charge is 0.317 e. The van der Waals surface area contributed by atoms with Gasteiger partial charge in [-0.15, -0.1) is 0 Å². The molecule has 2 nitrogen and oxygen atoms in total. The maximum atomic E-state index is 13.2. The third kappa shape index (κ3) is 1.99. The number of nitrogens with one attached hydrogen (secondary N) is 2. The van der Waals surface area contributed by atoms with Crippen LogP contribution >= 0.6 is 0 Å². The molecule has 2 aliphatic heterocycles. The normalized spacial score (nSPS) is 31.8. The molecule has 0 unspecified atom stereocenters. The molecule has 2 N–H and O–H groups in total. The lowest BCUT2D eigenvalue weighted by Crippen LogP contribution is -2.59. The molecule has 0 amide bonds.